The molecule has 0 radical (unpaired) electrons. The van der Waals surface area contributed by atoms with Crippen molar-refractivity contribution in [3.8, 4) is 0 Å². The summed E-state index contributed by atoms with van der Waals surface area (Å²) >= 11 is 7.94. The van der Waals surface area contributed by atoms with E-state index in [1.807, 2.05) is 18.2 Å². The van der Waals surface area contributed by atoms with Crippen molar-refractivity contribution in [3.05, 3.63) is 44.8 Å². The molecule has 0 bridgehead atoms. The Labute approximate surface area is 166 Å². The molecule has 3 heterocycles. The number of nitrogens with one attached hydrogen (secondary N) is 1. The minimum atomic E-state index is -3.63. The van der Waals surface area contributed by atoms with Gasteiger partial charge in [-0.25, -0.2) is 3.97 Å². The first kappa shape index (κ1) is 17.5. The van der Waals surface area contributed by atoms with Gasteiger partial charge in [-0.2, -0.15) is 8.42 Å². The van der Waals surface area contributed by atoms with Crippen molar-refractivity contribution in [1.29, 1.82) is 0 Å². The maximum absolute atomic E-state index is 13.1. The highest BCUT2D eigenvalue weighted by atomic mass is 79.9. The third kappa shape index (κ3) is 3.06. The Morgan fingerprint density at radius 3 is 2.56 bits per heavy atom. The van der Waals surface area contributed by atoms with Gasteiger partial charge in [-0.1, -0.05) is 6.07 Å². The van der Waals surface area contributed by atoms with E-state index in [0.717, 1.165) is 45.5 Å². The molecule has 4 rings (SSSR count). The van der Waals surface area contributed by atoms with Gasteiger partial charge in [0.1, 0.15) is 4.21 Å². The van der Waals surface area contributed by atoms with Gasteiger partial charge < -0.3 is 10.2 Å². The normalized spacial score (nSPS) is 15.8. The maximum atomic E-state index is 13.1. The third-order valence-electron chi connectivity index (χ3n) is 4.27. The molecule has 0 aliphatic carbocycles. The summed E-state index contributed by atoms with van der Waals surface area (Å²) in [5, 5.41) is 4.30. The van der Waals surface area contributed by atoms with Crippen LogP contribution in [-0.4, -0.2) is 38.6 Å². The summed E-state index contributed by atoms with van der Waals surface area (Å²) < 4.78 is 29.3. The summed E-state index contributed by atoms with van der Waals surface area (Å²) in [4.78, 5) is 2.30. The largest absolute Gasteiger partial charge is 0.368 e. The lowest BCUT2D eigenvalue weighted by molar-refractivity contribution is 0.590. The van der Waals surface area contributed by atoms with Crippen LogP contribution in [0.3, 0.4) is 0 Å². The van der Waals surface area contributed by atoms with Gasteiger partial charge in [-0.3, -0.25) is 0 Å². The van der Waals surface area contributed by atoms with Crippen LogP contribution in [0, 0.1) is 0 Å². The van der Waals surface area contributed by atoms with Gasteiger partial charge in [0.2, 0.25) is 0 Å². The van der Waals surface area contributed by atoms with Crippen LogP contribution in [0.1, 0.15) is 0 Å². The topological polar surface area (TPSA) is 54.3 Å². The van der Waals surface area contributed by atoms with Gasteiger partial charge in [-0.05, 0) is 56.1 Å². The summed E-state index contributed by atoms with van der Waals surface area (Å²) in [6.07, 6.45) is 1.65. The molecule has 1 N–H and O–H groups in total. The average molecular weight is 505 g/mol. The molecule has 2 aromatic heterocycles. The number of piperazine rings is 1. The highest BCUT2D eigenvalue weighted by Gasteiger charge is 2.24. The monoisotopic (exact) mass is 503 g/mol. The Hall–Kier alpha value is -0.870. The van der Waals surface area contributed by atoms with Crippen LogP contribution in [0.5, 0.6) is 0 Å². The first-order chi connectivity index (χ1) is 12.0. The number of aromatic nitrogens is 1. The second-order valence-corrected chi connectivity index (χ2v) is 11.0. The predicted molar refractivity (Wildman–Crippen MR) is 109 cm³/mol. The van der Waals surface area contributed by atoms with Gasteiger partial charge in [-0.15, -0.1) is 11.3 Å². The number of nitrogens with zero attached hydrogens (tertiary/aromatic N) is 2. The molecule has 0 spiro atoms. The lowest BCUT2D eigenvalue weighted by Gasteiger charge is -2.30. The van der Waals surface area contributed by atoms with Gasteiger partial charge in [0.25, 0.3) is 10.0 Å². The van der Waals surface area contributed by atoms with E-state index in [4.69, 9.17) is 0 Å². The van der Waals surface area contributed by atoms with Crippen LogP contribution < -0.4 is 10.2 Å². The van der Waals surface area contributed by atoms with E-state index in [9.17, 15) is 8.42 Å². The highest BCUT2D eigenvalue weighted by Crippen LogP contribution is 2.37. The molecule has 0 saturated carbocycles. The number of anilines is 1. The molecule has 1 aliphatic heterocycles. The van der Waals surface area contributed by atoms with Crippen molar-refractivity contribution < 1.29 is 8.42 Å². The van der Waals surface area contributed by atoms with E-state index in [2.05, 4.69) is 48.1 Å². The van der Waals surface area contributed by atoms with E-state index in [0.29, 0.717) is 9.73 Å². The zero-order valence-corrected chi connectivity index (χ0v) is 17.9. The number of rotatable bonds is 3. The van der Waals surface area contributed by atoms with Crippen LogP contribution in [0.2, 0.25) is 0 Å². The van der Waals surface area contributed by atoms with Crippen LogP contribution in [0.15, 0.2) is 49.0 Å². The summed E-state index contributed by atoms with van der Waals surface area (Å²) in [6, 6.07) is 9.36. The smallest absolute Gasteiger partial charge is 0.277 e. The molecule has 0 unspecified atom stereocenters. The molecule has 1 fully saturated rings. The van der Waals surface area contributed by atoms with Crippen LogP contribution in [-0.2, 0) is 10.0 Å². The Morgan fingerprint density at radius 2 is 1.88 bits per heavy atom. The number of fused-ring (bicyclic) bond motifs is 1. The van der Waals surface area contributed by atoms with Crippen molar-refractivity contribution >= 4 is 69.8 Å². The fraction of sp³-hybridized carbons (Fsp3) is 0.250. The molecule has 5 nitrogen and oxygen atoms in total. The van der Waals surface area contributed by atoms with E-state index in [1.165, 1.54) is 15.3 Å². The fourth-order valence-electron chi connectivity index (χ4n) is 3.07. The maximum Gasteiger partial charge on any atom is 0.277 e. The zero-order chi connectivity index (χ0) is 17.6. The van der Waals surface area contributed by atoms with Gasteiger partial charge in [0.05, 0.1) is 9.30 Å². The van der Waals surface area contributed by atoms with E-state index in [-0.39, 0.29) is 0 Å². The van der Waals surface area contributed by atoms with Gasteiger partial charge in [0.15, 0.2) is 0 Å². The molecule has 9 heteroatoms. The molecule has 0 amide bonds. The quantitative estimate of drug-likeness (QED) is 0.588. The molecular weight excluding hydrogens is 490 g/mol. The molecule has 1 aliphatic rings. The van der Waals surface area contributed by atoms with Crippen molar-refractivity contribution in [2.45, 2.75) is 4.21 Å². The Kier molecular flexibility index (Phi) is 4.70. The van der Waals surface area contributed by atoms with Gasteiger partial charge >= 0.3 is 0 Å². The second kappa shape index (κ2) is 6.70. The van der Waals surface area contributed by atoms with Crippen molar-refractivity contribution in [1.82, 2.24) is 9.29 Å². The minimum Gasteiger partial charge on any atom is -0.368 e. The second-order valence-electron chi connectivity index (χ2n) is 5.75. The molecule has 132 valence electrons. The molecular formula is C16H15Br2N3O2S2. The first-order valence-corrected chi connectivity index (χ1v) is 11.6. The molecule has 0 atom stereocenters. The van der Waals surface area contributed by atoms with E-state index in [1.54, 1.807) is 12.3 Å². The van der Waals surface area contributed by atoms with Crippen LogP contribution in [0.4, 0.5) is 5.69 Å². The summed E-state index contributed by atoms with van der Waals surface area (Å²) in [5.74, 6) is 0. The third-order valence-corrected chi connectivity index (χ3v) is 9.66. The van der Waals surface area contributed by atoms with E-state index >= 15 is 0 Å². The SMILES string of the molecule is O=S(=O)(c1cc(Br)c(Br)s1)n1ccc2c(N3CCNCC3)cccc21. The van der Waals surface area contributed by atoms with Crippen molar-refractivity contribution in [3.63, 3.8) is 0 Å². The standard InChI is InChI=1S/C16H15Br2N3O2S2/c17-12-10-15(24-16(12)18)25(22,23)21-7-4-11-13(2-1-3-14(11)21)20-8-5-19-6-9-20/h1-4,7,10,19H,5-6,8-9H2. The summed E-state index contributed by atoms with van der Waals surface area (Å²) in [6.45, 7) is 3.71. The molecule has 1 aromatic carbocycles. The zero-order valence-electron chi connectivity index (χ0n) is 13.1. The number of halogens is 2. The Morgan fingerprint density at radius 1 is 1.12 bits per heavy atom. The number of benzene rings is 1. The molecule has 3 aromatic rings. The number of hydrogen-bond acceptors (Lipinski definition) is 5. The molecule has 25 heavy (non-hydrogen) atoms. The fourth-order valence-corrected chi connectivity index (χ4v) is 7.32. The lowest BCUT2D eigenvalue weighted by atomic mass is 10.2. The average Bonchev–Trinajstić information content (AvgIpc) is 3.20. The Bertz CT molecular complexity index is 1020. The molecule has 1 saturated heterocycles. The predicted octanol–water partition coefficient (Wildman–Crippen LogP) is 3.87. The highest BCUT2D eigenvalue weighted by molar-refractivity contribution is 9.13. The Balaban J connectivity index is 1.84. The summed E-state index contributed by atoms with van der Waals surface area (Å²) in [5.41, 5.74) is 1.79. The number of thiophene rings is 1. The van der Waals surface area contributed by atoms with Crippen LogP contribution >= 0.6 is 43.2 Å². The lowest BCUT2D eigenvalue weighted by Crippen LogP contribution is -2.43. The van der Waals surface area contributed by atoms with Crippen LogP contribution in [0.25, 0.3) is 10.9 Å². The van der Waals surface area contributed by atoms with Crippen molar-refractivity contribution in [2.75, 3.05) is 31.1 Å². The van der Waals surface area contributed by atoms with Gasteiger partial charge in [0, 0.05) is 47.9 Å². The van der Waals surface area contributed by atoms with E-state index < -0.39 is 10.0 Å². The minimum absolute atomic E-state index is 0.302. The summed E-state index contributed by atoms with van der Waals surface area (Å²) in [7, 11) is -3.63. The number of hydrogen-bond donors (Lipinski definition) is 1. The first-order valence-electron chi connectivity index (χ1n) is 7.74. The van der Waals surface area contributed by atoms with Crippen molar-refractivity contribution in [2.24, 2.45) is 0 Å².